The first-order valence-corrected chi connectivity index (χ1v) is 10.5. The van der Waals surface area contributed by atoms with E-state index in [0.717, 1.165) is 42.5 Å². The fourth-order valence-electron chi connectivity index (χ4n) is 3.65. The average molecular weight is 391 g/mol. The van der Waals surface area contributed by atoms with E-state index in [4.69, 9.17) is 11.6 Å². The van der Waals surface area contributed by atoms with Gasteiger partial charge in [0.25, 0.3) is 5.91 Å². The number of nitrogens with zero attached hydrogens (tertiary/aromatic N) is 2. The molecular formula is C21H27ClN2OS. The van der Waals surface area contributed by atoms with Crippen LogP contribution in [-0.4, -0.2) is 48.9 Å². The second kappa shape index (κ2) is 9.03. The molecule has 26 heavy (non-hydrogen) atoms. The van der Waals surface area contributed by atoms with Crippen LogP contribution in [0.15, 0.2) is 36.4 Å². The Morgan fingerprint density at radius 1 is 1.27 bits per heavy atom. The lowest BCUT2D eigenvalue weighted by Gasteiger charge is -2.34. The number of carbonyl (C=O) groups excluding carboxylic acids is 1. The zero-order chi connectivity index (χ0) is 18.5. The third-order valence-corrected chi connectivity index (χ3v) is 6.30. The quantitative estimate of drug-likeness (QED) is 0.711. The van der Waals surface area contributed by atoms with Crippen molar-refractivity contribution < 1.29 is 4.79 Å². The normalized spacial score (nSPS) is 18.0. The van der Waals surface area contributed by atoms with Crippen LogP contribution in [0.3, 0.4) is 0 Å². The van der Waals surface area contributed by atoms with Crippen molar-refractivity contribution in [1.82, 2.24) is 9.80 Å². The summed E-state index contributed by atoms with van der Waals surface area (Å²) < 4.78 is 0. The first kappa shape index (κ1) is 19.4. The Labute approximate surface area is 165 Å². The predicted octanol–water partition coefficient (Wildman–Crippen LogP) is 4.74. The molecule has 1 aromatic heterocycles. The Hall–Kier alpha value is -1.36. The zero-order valence-corrected chi connectivity index (χ0v) is 17.2. The topological polar surface area (TPSA) is 23.6 Å². The van der Waals surface area contributed by atoms with Gasteiger partial charge in [-0.2, -0.15) is 0 Å². The second-order valence-electron chi connectivity index (χ2n) is 7.28. The van der Waals surface area contributed by atoms with Crippen LogP contribution in [0.25, 0.3) is 0 Å². The van der Waals surface area contributed by atoms with E-state index in [1.807, 2.05) is 43.1 Å². The molecule has 3 rings (SSSR count). The molecule has 0 aliphatic carbocycles. The third kappa shape index (κ3) is 5.32. The Morgan fingerprint density at radius 2 is 2.04 bits per heavy atom. The van der Waals surface area contributed by atoms with E-state index in [2.05, 4.69) is 17.0 Å². The molecule has 5 heteroatoms. The summed E-state index contributed by atoms with van der Waals surface area (Å²) in [6.45, 7) is 6.19. The van der Waals surface area contributed by atoms with E-state index >= 15 is 0 Å². The molecule has 0 saturated carbocycles. The largest absolute Gasteiger partial charge is 0.341 e. The molecule has 1 aliphatic rings. The first-order chi connectivity index (χ1) is 12.5. The van der Waals surface area contributed by atoms with Crippen molar-refractivity contribution in [3.05, 3.63) is 56.7 Å². The fraction of sp³-hybridized carbons (Fsp3) is 0.476. The number of piperidine rings is 1. The van der Waals surface area contributed by atoms with Crippen molar-refractivity contribution in [1.29, 1.82) is 0 Å². The van der Waals surface area contributed by atoms with Crippen LogP contribution >= 0.6 is 22.9 Å². The van der Waals surface area contributed by atoms with Gasteiger partial charge in [-0.05, 0) is 68.5 Å². The number of amides is 1. The molecule has 2 aromatic rings. The van der Waals surface area contributed by atoms with Crippen LogP contribution in [-0.2, 0) is 6.42 Å². The van der Waals surface area contributed by atoms with Gasteiger partial charge >= 0.3 is 0 Å². The van der Waals surface area contributed by atoms with Crippen molar-refractivity contribution in [2.45, 2.75) is 26.2 Å². The lowest BCUT2D eigenvalue weighted by atomic mass is 9.97. The number of halogens is 1. The summed E-state index contributed by atoms with van der Waals surface area (Å²) in [5, 5.41) is 0.792. The highest BCUT2D eigenvalue weighted by molar-refractivity contribution is 7.13. The summed E-state index contributed by atoms with van der Waals surface area (Å²) in [6.07, 6.45) is 3.47. The second-order valence-corrected chi connectivity index (χ2v) is 9.01. The van der Waals surface area contributed by atoms with E-state index in [1.54, 1.807) is 11.3 Å². The molecule has 1 atom stereocenters. The summed E-state index contributed by atoms with van der Waals surface area (Å²) in [4.78, 5) is 19.0. The third-order valence-electron chi connectivity index (χ3n) is 5.06. The summed E-state index contributed by atoms with van der Waals surface area (Å²) in [5.74, 6) is 0.713. The van der Waals surface area contributed by atoms with Crippen LogP contribution in [0, 0.1) is 12.8 Å². The maximum absolute atomic E-state index is 12.6. The maximum Gasteiger partial charge on any atom is 0.263 e. The standard InChI is InChI=1S/C21H27ClN2OS/c1-16-5-10-20(26-16)21(25)23(2)14-18-4-3-12-24(15-18)13-11-17-6-8-19(22)9-7-17/h5-10,18H,3-4,11-15H2,1-2H3/t18-/m1/s1. The number of benzene rings is 1. The minimum Gasteiger partial charge on any atom is -0.341 e. The highest BCUT2D eigenvalue weighted by atomic mass is 35.5. The van der Waals surface area contributed by atoms with Crippen LogP contribution in [0.1, 0.15) is 33.0 Å². The van der Waals surface area contributed by atoms with Crippen LogP contribution in [0.2, 0.25) is 5.02 Å². The average Bonchev–Trinajstić information content (AvgIpc) is 3.07. The first-order valence-electron chi connectivity index (χ1n) is 9.30. The van der Waals surface area contributed by atoms with E-state index in [9.17, 15) is 4.79 Å². The molecular weight excluding hydrogens is 364 g/mol. The molecule has 0 unspecified atom stereocenters. The van der Waals surface area contributed by atoms with Gasteiger partial charge < -0.3 is 9.80 Å². The van der Waals surface area contributed by atoms with Gasteiger partial charge in [0.15, 0.2) is 0 Å². The predicted molar refractivity (Wildman–Crippen MR) is 110 cm³/mol. The van der Waals surface area contributed by atoms with Gasteiger partial charge in [-0.3, -0.25) is 4.79 Å². The Morgan fingerprint density at radius 3 is 2.73 bits per heavy atom. The monoisotopic (exact) mass is 390 g/mol. The summed E-state index contributed by atoms with van der Waals surface area (Å²) in [5.41, 5.74) is 1.33. The van der Waals surface area contributed by atoms with Gasteiger partial charge in [0.1, 0.15) is 0 Å². The molecule has 0 spiro atoms. The van der Waals surface area contributed by atoms with Gasteiger partial charge in [-0.15, -0.1) is 11.3 Å². The Bertz CT molecular complexity index is 728. The van der Waals surface area contributed by atoms with Gasteiger partial charge in [-0.25, -0.2) is 0 Å². The number of rotatable bonds is 6. The van der Waals surface area contributed by atoms with Crippen LogP contribution < -0.4 is 0 Å². The molecule has 1 aromatic carbocycles. The molecule has 2 heterocycles. The van der Waals surface area contributed by atoms with Crippen molar-refractivity contribution in [2.75, 3.05) is 33.2 Å². The van der Waals surface area contributed by atoms with E-state index in [0.29, 0.717) is 5.92 Å². The van der Waals surface area contributed by atoms with E-state index in [-0.39, 0.29) is 5.91 Å². The summed E-state index contributed by atoms with van der Waals surface area (Å²) in [7, 11) is 1.93. The van der Waals surface area contributed by atoms with E-state index < -0.39 is 0 Å². The van der Waals surface area contributed by atoms with Crippen LogP contribution in [0.4, 0.5) is 0 Å². The Kier molecular flexibility index (Phi) is 6.74. The molecule has 1 saturated heterocycles. The molecule has 1 amide bonds. The number of aryl methyl sites for hydroxylation is 1. The SMILES string of the molecule is Cc1ccc(C(=O)N(C)C[C@H]2CCCN(CCc3ccc(Cl)cc3)C2)s1. The fourth-order valence-corrected chi connectivity index (χ4v) is 4.64. The minimum absolute atomic E-state index is 0.154. The van der Waals surface area contributed by atoms with Gasteiger partial charge in [-0.1, -0.05) is 23.7 Å². The minimum atomic E-state index is 0.154. The van der Waals surface area contributed by atoms with Gasteiger partial charge in [0, 0.05) is 36.6 Å². The smallest absolute Gasteiger partial charge is 0.263 e. The maximum atomic E-state index is 12.6. The lowest BCUT2D eigenvalue weighted by molar-refractivity contribution is 0.0735. The summed E-state index contributed by atoms with van der Waals surface area (Å²) >= 11 is 7.54. The molecule has 140 valence electrons. The molecule has 0 N–H and O–H groups in total. The highest BCUT2D eigenvalue weighted by Crippen LogP contribution is 2.21. The molecule has 3 nitrogen and oxygen atoms in total. The lowest BCUT2D eigenvalue weighted by Crippen LogP contribution is -2.42. The molecule has 0 bridgehead atoms. The number of carbonyl (C=O) groups is 1. The van der Waals surface area contributed by atoms with Crippen LogP contribution in [0.5, 0.6) is 0 Å². The number of hydrogen-bond donors (Lipinski definition) is 0. The molecule has 0 radical (unpaired) electrons. The number of likely N-dealkylation sites (tertiary alicyclic amines) is 1. The molecule has 1 fully saturated rings. The van der Waals surface area contributed by atoms with Crippen molar-refractivity contribution >= 4 is 28.8 Å². The highest BCUT2D eigenvalue weighted by Gasteiger charge is 2.23. The number of hydrogen-bond acceptors (Lipinski definition) is 3. The van der Waals surface area contributed by atoms with Crippen molar-refractivity contribution in [3.63, 3.8) is 0 Å². The molecule has 1 aliphatic heterocycles. The van der Waals surface area contributed by atoms with Gasteiger partial charge in [0.2, 0.25) is 0 Å². The van der Waals surface area contributed by atoms with Gasteiger partial charge in [0.05, 0.1) is 4.88 Å². The summed E-state index contributed by atoms with van der Waals surface area (Å²) in [6, 6.07) is 12.1. The zero-order valence-electron chi connectivity index (χ0n) is 15.6. The van der Waals surface area contributed by atoms with Crippen molar-refractivity contribution in [3.8, 4) is 0 Å². The Balaban J connectivity index is 1.48. The number of thiophene rings is 1. The van der Waals surface area contributed by atoms with E-state index in [1.165, 1.54) is 23.3 Å². The van der Waals surface area contributed by atoms with Crippen molar-refractivity contribution in [2.24, 2.45) is 5.92 Å².